The third-order valence-electron chi connectivity index (χ3n) is 10.1. The highest BCUT2D eigenvalue weighted by Gasteiger charge is 2.26. The first-order valence-corrected chi connectivity index (χ1v) is 18.8. The van der Waals surface area contributed by atoms with Crippen LogP contribution in [0.3, 0.4) is 0 Å². The molecule has 10 nitrogen and oxygen atoms in total. The summed E-state index contributed by atoms with van der Waals surface area (Å²) in [5, 5.41) is 36.0. The molecule has 6 aromatic rings. The molecule has 0 bridgehead atoms. The number of aryl methyl sites for hydroxylation is 3. The Morgan fingerprint density at radius 3 is 2.44 bits per heavy atom. The number of aromatic amines is 1. The Balaban J connectivity index is 1.22. The molecule has 0 aliphatic carbocycles. The van der Waals surface area contributed by atoms with E-state index in [2.05, 4.69) is 46.4 Å². The van der Waals surface area contributed by atoms with Crippen LogP contribution >= 0.6 is 0 Å². The van der Waals surface area contributed by atoms with Crippen molar-refractivity contribution in [1.82, 2.24) is 10.3 Å². The summed E-state index contributed by atoms with van der Waals surface area (Å²) in [4.78, 5) is 20.1. The zero-order valence-electron chi connectivity index (χ0n) is 31.2. The number of methoxy groups -OCH3 is 1. The number of hydrogen-bond acceptors (Lipinski definition) is 9. The number of aliphatic hydroxyl groups is 1. The number of nitrogens with one attached hydrogen (secondary N) is 2. The van der Waals surface area contributed by atoms with Crippen LogP contribution in [0.2, 0.25) is 0 Å². The van der Waals surface area contributed by atoms with Crippen LogP contribution in [0.1, 0.15) is 35.7 Å². The molecule has 1 aliphatic heterocycles. The average Bonchev–Trinajstić information content (AvgIpc) is 3.66. The van der Waals surface area contributed by atoms with Crippen LogP contribution in [0.15, 0.2) is 106 Å². The van der Waals surface area contributed by atoms with Crippen molar-refractivity contribution in [3.05, 3.63) is 130 Å². The number of hydrogen-bond donors (Lipinski definition) is 5. The lowest BCUT2D eigenvalue weighted by atomic mass is 9.97. The van der Waals surface area contributed by atoms with Gasteiger partial charge in [-0.25, -0.2) is 0 Å². The molecular weight excluding hydrogens is 695 g/mol. The van der Waals surface area contributed by atoms with Gasteiger partial charge < -0.3 is 44.4 Å². The molecule has 1 atom stereocenters. The van der Waals surface area contributed by atoms with Crippen LogP contribution in [-0.4, -0.2) is 66.3 Å². The number of anilines is 1. The van der Waals surface area contributed by atoms with Gasteiger partial charge in [0.15, 0.2) is 16.9 Å². The van der Waals surface area contributed by atoms with Gasteiger partial charge in [-0.2, -0.15) is 0 Å². The Morgan fingerprint density at radius 2 is 1.69 bits per heavy atom. The average molecular weight is 742 g/mol. The molecule has 284 valence electrons. The van der Waals surface area contributed by atoms with Gasteiger partial charge in [0.2, 0.25) is 5.75 Å². The van der Waals surface area contributed by atoms with Crippen molar-refractivity contribution < 1.29 is 29.2 Å². The molecule has 0 radical (unpaired) electrons. The number of H-pyrrole nitrogens is 1. The van der Waals surface area contributed by atoms with Gasteiger partial charge in [-0.1, -0.05) is 73.7 Å². The van der Waals surface area contributed by atoms with Gasteiger partial charge in [0, 0.05) is 61.1 Å². The molecule has 1 aliphatic rings. The molecule has 1 saturated heterocycles. The van der Waals surface area contributed by atoms with Crippen molar-refractivity contribution in [2.45, 2.75) is 38.7 Å². The summed E-state index contributed by atoms with van der Waals surface area (Å²) < 4.78 is 18.3. The molecule has 0 unspecified atom stereocenters. The van der Waals surface area contributed by atoms with Gasteiger partial charge in [-0.05, 0) is 66.3 Å². The zero-order valence-corrected chi connectivity index (χ0v) is 31.2. The molecule has 7 rings (SSSR count). The Morgan fingerprint density at radius 1 is 0.909 bits per heavy atom. The minimum atomic E-state index is -0.814. The second-order valence-electron chi connectivity index (χ2n) is 13.7. The van der Waals surface area contributed by atoms with Crippen LogP contribution in [0.25, 0.3) is 39.5 Å². The monoisotopic (exact) mass is 741 g/mol. The molecule has 3 heterocycles. The fourth-order valence-corrected chi connectivity index (χ4v) is 7.09. The normalized spacial score (nSPS) is 13.8. The number of phenols is 2. The Kier molecular flexibility index (Phi) is 11.6. The first kappa shape index (κ1) is 37.3. The fourth-order valence-electron chi connectivity index (χ4n) is 7.09. The number of phenolic OH excluding ortho intramolecular Hbond substituents is 2. The maximum Gasteiger partial charge on any atom is 0.204 e. The predicted molar refractivity (Wildman–Crippen MR) is 217 cm³/mol. The summed E-state index contributed by atoms with van der Waals surface area (Å²) >= 11 is 0. The first-order chi connectivity index (χ1) is 26.8. The number of aliphatic hydroxyl groups excluding tert-OH is 1. The third kappa shape index (κ3) is 8.41. The minimum Gasteiger partial charge on any atom is -0.508 e. The number of piperazine rings is 1. The molecule has 0 saturated carbocycles. The number of ether oxygens (including phenoxy) is 2. The second-order valence-corrected chi connectivity index (χ2v) is 13.7. The molecular formula is C45H47N3O7. The van der Waals surface area contributed by atoms with E-state index in [1.807, 2.05) is 42.5 Å². The second kappa shape index (κ2) is 17.0. The van der Waals surface area contributed by atoms with E-state index in [4.69, 9.17) is 13.9 Å². The minimum absolute atomic E-state index is 0.0235. The Labute approximate surface area is 320 Å². The van der Waals surface area contributed by atoms with Crippen LogP contribution in [0, 0.1) is 0 Å². The summed E-state index contributed by atoms with van der Waals surface area (Å²) in [5.41, 5.74) is 6.22. The van der Waals surface area contributed by atoms with Gasteiger partial charge >= 0.3 is 0 Å². The molecule has 5 N–H and O–H groups in total. The van der Waals surface area contributed by atoms with Crippen molar-refractivity contribution in [3.8, 4) is 45.4 Å². The lowest BCUT2D eigenvalue weighted by molar-refractivity contribution is 0.177. The SMILES string of the molecule is CCc1cc(-c2cccc(CCc3c(O)c(OC)c(OCC[C@@H](O)/C=C/c4ccccc4)c4c(=O)cc(-c5ccc(O)cc5)oc34)c2)c(N2CCNCC2)[nH]1. The summed E-state index contributed by atoms with van der Waals surface area (Å²) in [7, 11) is 1.42. The number of nitrogens with zero attached hydrogens (tertiary/aromatic N) is 1. The van der Waals surface area contributed by atoms with Crippen molar-refractivity contribution in [3.63, 3.8) is 0 Å². The number of aromatic hydroxyl groups is 2. The Hall–Kier alpha value is -5.97. The lowest BCUT2D eigenvalue weighted by Crippen LogP contribution is -2.43. The summed E-state index contributed by atoms with van der Waals surface area (Å²) in [5.74, 6) is 1.37. The van der Waals surface area contributed by atoms with Crippen molar-refractivity contribution >= 4 is 22.9 Å². The molecule has 4 aromatic carbocycles. The van der Waals surface area contributed by atoms with E-state index >= 15 is 0 Å². The number of aromatic nitrogens is 1. The van der Waals surface area contributed by atoms with Crippen LogP contribution in [0.5, 0.6) is 23.0 Å². The Bertz CT molecular complexity index is 2320. The van der Waals surface area contributed by atoms with E-state index in [9.17, 15) is 20.1 Å². The predicted octanol–water partition coefficient (Wildman–Crippen LogP) is 7.48. The highest BCUT2D eigenvalue weighted by atomic mass is 16.5. The standard InChI is InChI=1S/C45H47N3O7/c1-3-33-27-37(45(47-33)48-23-21-46-22-24-48)32-11-7-10-30(26-32)13-19-36-41(52)44(53-2)43(54-25-20-35(50)16-12-29-8-5-4-6-9-29)40-38(51)28-39(55-42(36)40)31-14-17-34(49)18-15-31/h4-12,14-18,26-28,35,46-47,49-50,52H,3,13,19-25H2,1-2H3/b16-12+/t35-/m0/s1. The van der Waals surface area contributed by atoms with E-state index in [0.29, 0.717) is 24.0 Å². The van der Waals surface area contributed by atoms with E-state index in [1.165, 1.54) is 31.0 Å². The van der Waals surface area contributed by atoms with Gasteiger partial charge in [-0.15, -0.1) is 0 Å². The van der Waals surface area contributed by atoms with Crippen molar-refractivity contribution in [2.75, 3.05) is 44.8 Å². The maximum absolute atomic E-state index is 14.0. The van der Waals surface area contributed by atoms with E-state index in [0.717, 1.165) is 60.7 Å². The van der Waals surface area contributed by atoms with Crippen molar-refractivity contribution in [2.24, 2.45) is 0 Å². The zero-order chi connectivity index (χ0) is 38.3. The third-order valence-corrected chi connectivity index (χ3v) is 10.1. The van der Waals surface area contributed by atoms with Gasteiger partial charge in [0.25, 0.3) is 0 Å². The van der Waals surface area contributed by atoms with Crippen molar-refractivity contribution in [1.29, 1.82) is 0 Å². The smallest absolute Gasteiger partial charge is 0.204 e. The first-order valence-electron chi connectivity index (χ1n) is 18.8. The van der Waals surface area contributed by atoms with Gasteiger partial charge in [0.05, 0.1) is 19.8 Å². The van der Waals surface area contributed by atoms with E-state index in [-0.39, 0.29) is 58.2 Å². The maximum atomic E-state index is 14.0. The molecule has 10 heteroatoms. The van der Waals surface area contributed by atoms with Crippen LogP contribution < -0.4 is 25.1 Å². The molecule has 0 amide bonds. The van der Waals surface area contributed by atoms with E-state index in [1.54, 1.807) is 18.2 Å². The molecule has 55 heavy (non-hydrogen) atoms. The number of fused-ring (bicyclic) bond motifs is 1. The highest BCUT2D eigenvalue weighted by molar-refractivity contribution is 5.93. The highest BCUT2D eigenvalue weighted by Crippen LogP contribution is 2.46. The number of rotatable bonds is 14. The lowest BCUT2D eigenvalue weighted by Gasteiger charge is -2.29. The van der Waals surface area contributed by atoms with Crippen LogP contribution in [0.4, 0.5) is 5.82 Å². The molecule has 0 spiro atoms. The molecule has 1 fully saturated rings. The van der Waals surface area contributed by atoms with E-state index < -0.39 is 6.10 Å². The summed E-state index contributed by atoms with van der Waals surface area (Å²) in [6.07, 6.45) is 4.68. The largest absolute Gasteiger partial charge is 0.508 e. The summed E-state index contributed by atoms with van der Waals surface area (Å²) in [6, 6.07) is 28.0. The molecule has 2 aromatic heterocycles. The summed E-state index contributed by atoms with van der Waals surface area (Å²) in [6.45, 7) is 5.90. The van der Waals surface area contributed by atoms with Gasteiger partial charge in [-0.3, -0.25) is 4.79 Å². The number of benzene rings is 4. The topological polar surface area (TPSA) is 140 Å². The quantitative estimate of drug-likeness (QED) is 0.0769. The van der Waals surface area contributed by atoms with Crippen LogP contribution in [-0.2, 0) is 19.3 Å². The fraction of sp³-hybridized carbons (Fsp3) is 0.267. The van der Waals surface area contributed by atoms with Gasteiger partial charge in [0.1, 0.15) is 28.3 Å².